The molecule has 0 atom stereocenters. The first kappa shape index (κ1) is 14.3. The highest BCUT2D eigenvalue weighted by Crippen LogP contribution is 2.22. The number of aliphatic hydroxyl groups is 1. The number of pyridine rings is 1. The van der Waals surface area contributed by atoms with Crippen LogP contribution in [0.3, 0.4) is 0 Å². The minimum absolute atomic E-state index is 0.0672. The summed E-state index contributed by atoms with van der Waals surface area (Å²) in [4.78, 5) is 18.3. The van der Waals surface area contributed by atoms with Gasteiger partial charge in [0.1, 0.15) is 5.69 Å². The van der Waals surface area contributed by atoms with Gasteiger partial charge in [0.05, 0.1) is 18.9 Å². The first-order valence-electron chi connectivity index (χ1n) is 6.57. The van der Waals surface area contributed by atoms with Gasteiger partial charge in [-0.1, -0.05) is 0 Å². The van der Waals surface area contributed by atoms with E-state index in [4.69, 9.17) is 9.84 Å². The predicted molar refractivity (Wildman–Crippen MR) is 75.1 cm³/mol. The zero-order valence-corrected chi connectivity index (χ0v) is 12.0. The lowest BCUT2D eigenvalue weighted by Crippen LogP contribution is -2.30. The molecule has 6 nitrogen and oxygen atoms in total. The highest BCUT2D eigenvalue weighted by Gasteiger charge is 2.21. The number of aryl methyl sites for hydroxylation is 1. The van der Waals surface area contributed by atoms with E-state index in [0.29, 0.717) is 29.4 Å². The molecule has 0 unspecified atom stereocenters. The van der Waals surface area contributed by atoms with Crippen molar-refractivity contribution in [3.8, 4) is 5.75 Å². The van der Waals surface area contributed by atoms with Gasteiger partial charge < -0.3 is 14.7 Å². The van der Waals surface area contributed by atoms with E-state index < -0.39 is 0 Å². The molecule has 0 aliphatic rings. The van der Waals surface area contributed by atoms with E-state index in [-0.39, 0.29) is 19.1 Å². The minimum atomic E-state index is -0.169. The molecule has 1 N–H and O–H groups in total. The summed E-state index contributed by atoms with van der Waals surface area (Å²) in [6.45, 7) is 4.46. The highest BCUT2D eigenvalue weighted by atomic mass is 16.5. The summed E-state index contributed by atoms with van der Waals surface area (Å²) in [5.74, 6) is 0.486. The van der Waals surface area contributed by atoms with Crippen LogP contribution in [0.1, 0.15) is 23.1 Å². The van der Waals surface area contributed by atoms with Gasteiger partial charge in [-0.25, -0.2) is 4.98 Å². The zero-order valence-electron chi connectivity index (χ0n) is 12.0. The maximum absolute atomic E-state index is 12.4. The number of aromatic nitrogens is 2. The lowest BCUT2D eigenvalue weighted by atomic mass is 10.3. The van der Waals surface area contributed by atoms with Crippen molar-refractivity contribution in [2.75, 3.05) is 26.8 Å². The Balaban J connectivity index is 2.51. The molecular weight excluding hydrogens is 258 g/mol. The first-order valence-corrected chi connectivity index (χ1v) is 6.57. The second-order valence-corrected chi connectivity index (χ2v) is 4.50. The smallest absolute Gasteiger partial charge is 0.272 e. The number of ether oxygens (including phenoxy) is 1. The molecule has 2 aromatic rings. The standard InChI is InChI=1S/C14H19N3O3/c1-4-20-11-6-5-7-17-12(10(2)15-13(11)17)14(19)16(3)8-9-18/h5-7,18H,4,8-9H2,1-3H3. The van der Waals surface area contributed by atoms with Crippen LogP contribution >= 0.6 is 0 Å². The molecule has 0 aromatic carbocycles. The monoisotopic (exact) mass is 277 g/mol. The third kappa shape index (κ3) is 2.46. The maximum atomic E-state index is 12.4. The van der Waals surface area contributed by atoms with Gasteiger partial charge in [0.25, 0.3) is 5.91 Å². The van der Waals surface area contributed by atoms with E-state index in [0.717, 1.165) is 0 Å². The van der Waals surface area contributed by atoms with E-state index in [2.05, 4.69) is 4.98 Å². The molecule has 2 aromatic heterocycles. The molecule has 6 heteroatoms. The number of rotatable bonds is 5. The largest absolute Gasteiger partial charge is 0.490 e. The number of aliphatic hydroxyl groups excluding tert-OH is 1. The average molecular weight is 277 g/mol. The summed E-state index contributed by atoms with van der Waals surface area (Å²) in [7, 11) is 1.66. The molecule has 0 aliphatic carbocycles. The lowest BCUT2D eigenvalue weighted by Gasteiger charge is -2.15. The quantitative estimate of drug-likeness (QED) is 0.889. The van der Waals surface area contributed by atoms with Crippen molar-refractivity contribution in [1.29, 1.82) is 0 Å². The van der Waals surface area contributed by atoms with Crippen LogP contribution in [0, 0.1) is 6.92 Å². The predicted octanol–water partition coefficient (Wildman–Crippen LogP) is 1.11. The topological polar surface area (TPSA) is 67.1 Å². The van der Waals surface area contributed by atoms with Gasteiger partial charge >= 0.3 is 0 Å². The molecule has 0 spiro atoms. The lowest BCUT2D eigenvalue weighted by molar-refractivity contribution is 0.0759. The molecule has 1 amide bonds. The van der Waals surface area contributed by atoms with Crippen LogP contribution in [0.15, 0.2) is 18.3 Å². The van der Waals surface area contributed by atoms with E-state index in [1.54, 1.807) is 24.6 Å². The van der Waals surface area contributed by atoms with Gasteiger partial charge in [0.15, 0.2) is 11.4 Å². The van der Waals surface area contributed by atoms with Crippen LogP contribution in [-0.2, 0) is 0 Å². The Morgan fingerprint density at radius 2 is 2.30 bits per heavy atom. The van der Waals surface area contributed by atoms with Crippen LogP contribution in [-0.4, -0.2) is 52.1 Å². The minimum Gasteiger partial charge on any atom is -0.490 e. The third-order valence-corrected chi connectivity index (χ3v) is 3.07. The molecule has 0 bridgehead atoms. The van der Waals surface area contributed by atoms with Gasteiger partial charge in [-0.3, -0.25) is 9.20 Å². The van der Waals surface area contributed by atoms with E-state index >= 15 is 0 Å². The Hall–Kier alpha value is -2.08. The number of hydrogen-bond acceptors (Lipinski definition) is 4. The molecule has 2 rings (SSSR count). The Labute approximate surface area is 117 Å². The highest BCUT2D eigenvalue weighted by molar-refractivity contribution is 5.94. The van der Waals surface area contributed by atoms with Crippen molar-refractivity contribution < 1.29 is 14.6 Å². The number of imidazole rings is 1. The normalized spacial score (nSPS) is 10.8. The third-order valence-electron chi connectivity index (χ3n) is 3.07. The number of nitrogens with zero attached hydrogens (tertiary/aromatic N) is 3. The van der Waals surface area contributed by atoms with Crippen molar-refractivity contribution in [2.24, 2.45) is 0 Å². The molecule has 0 fully saturated rings. The fraction of sp³-hybridized carbons (Fsp3) is 0.429. The summed E-state index contributed by atoms with van der Waals surface area (Å²) in [5, 5.41) is 8.94. The summed E-state index contributed by atoms with van der Waals surface area (Å²) in [6.07, 6.45) is 1.79. The van der Waals surface area contributed by atoms with Crippen LogP contribution in [0.2, 0.25) is 0 Å². The summed E-state index contributed by atoms with van der Waals surface area (Å²) in [6, 6.07) is 3.65. The molecule has 108 valence electrons. The van der Waals surface area contributed by atoms with Crippen molar-refractivity contribution in [3.05, 3.63) is 29.7 Å². The van der Waals surface area contributed by atoms with E-state index in [1.165, 1.54) is 4.90 Å². The van der Waals surface area contributed by atoms with Crippen molar-refractivity contribution in [3.63, 3.8) is 0 Å². The Bertz CT molecular complexity index is 621. The van der Waals surface area contributed by atoms with Gasteiger partial charge in [-0.15, -0.1) is 0 Å². The molecule has 0 saturated heterocycles. The molecule has 0 saturated carbocycles. The fourth-order valence-electron chi connectivity index (χ4n) is 2.11. The second kappa shape index (κ2) is 5.92. The number of hydrogen-bond donors (Lipinski definition) is 1. The van der Waals surface area contributed by atoms with Gasteiger partial charge in [0, 0.05) is 19.8 Å². The van der Waals surface area contributed by atoms with E-state index in [1.807, 2.05) is 19.1 Å². The van der Waals surface area contributed by atoms with Crippen LogP contribution in [0.5, 0.6) is 5.75 Å². The number of amides is 1. The Morgan fingerprint density at radius 1 is 1.55 bits per heavy atom. The zero-order chi connectivity index (χ0) is 14.7. The molecule has 0 radical (unpaired) electrons. The molecular formula is C14H19N3O3. The van der Waals surface area contributed by atoms with Gasteiger partial charge in [-0.05, 0) is 26.0 Å². The van der Waals surface area contributed by atoms with Gasteiger partial charge in [0.2, 0.25) is 0 Å². The van der Waals surface area contributed by atoms with E-state index in [9.17, 15) is 4.79 Å². The summed E-state index contributed by atoms with van der Waals surface area (Å²) in [5.41, 5.74) is 1.78. The van der Waals surface area contributed by atoms with Crippen LogP contribution in [0.25, 0.3) is 5.65 Å². The van der Waals surface area contributed by atoms with Gasteiger partial charge in [-0.2, -0.15) is 0 Å². The number of likely N-dealkylation sites (N-methyl/N-ethyl adjacent to an activating group) is 1. The Morgan fingerprint density at radius 3 is 2.95 bits per heavy atom. The number of carbonyl (C=O) groups excluding carboxylic acids is 1. The van der Waals surface area contributed by atoms with Crippen LogP contribution < -0.4 is 4.74 Å². The van der Waals surface area contributed by atoms with Crippen molar-refractivity contribution >= 4 is 11.6 Å². The Kier molecular flexibility index (Phi) is 4.24. The maximum Gasteiger partial charge on any atom is 0.272 e. The molecule has 0 aliphatic heterocycles. The summed E-state index contributed by atoms with van der Waals surface area (Å²) >= 11 is 0. The SMILES string of the molecule is CCOc1cccn2c(C(=O)N(C)CCO)c(C)nc12. The molecule has 20 heavy (non-hydrogen) atoms. The second-order valence-electron chi connectivity index (χ2n) is 4.50. The average Bonchev–Trinajstić information content (AvgIpc) is 2.76. The molecule has 2 heterocycles. The van der Waals surface area contributed by atoms with Crippen molar-refractivity contribution in [1.82, 2.24) is 14.3 Å². The number of fused-ring (bicyclic) bond motifs is 1. The fourth-order valence-corrected chi connectivity index (χ4v) is 2.11. The van der Waals surface area contributed by atoms with Crippen LogP contribution in [0.4, 0.5) is 0 Å². The summed E-state index contributed by atoms with van der Waals surface area (Å²) < 4.78 is 7.26. The number of carbonyl (C=O) groups is 1. The first-order chi connectivity index (χ1) is 9.60. The van der Waals surface area contributed by atoms with Crippen molar-refractivity contribution in [2.45, 2.75) is 13.8 Å².